The lowest BCUT2D eigenvalue weighted by atomic mass is 10.0. The standard InChI is InChI=1S/C24H43NO/c1-2-3-4-5-6-7-8-9-10-11-12-13-14-15-16-17-18-19-20-21-22-25-23-24-26/h15-22,25-26H,2-14,23-24H2,1H3. The van der Waals surface area contributed by atoms with E-state index < -0.39 is 0 Å². The molecule has 0 aromatic carbocycles. The van der Waals surface area contributed by atoms with Crippen LogP contribution in [-0.2, 0) is 0 Å². The Morgan fingerprint density at radius 3 is 1.69 bits per heavy atom. The van der Waals surface area contributed by atoms with Gasteiger partial charge in [0.1, 0.15) is 0 Å². The van der Waals surface area contributed by atoms with E-state index in [0.29, 0.717) is 6.54 Å². The lowest BCUT2D eigenvalue weighted by Gasteiger charge is -2.02. The maximum absolute atomic E-state index is 8.60. The van der Waals surface area contributed by atoms with Gasteiger partial charge in [-0.25, -0.2) is 0 Å². The minimum absolute atomic E-state index is 0.165. The highest BCUT2D eigenvalue weighted by Crippen LogP contribution is 2.12. The van der Waals surface area contributed by atoms with Crippen molar-refractivity contribution in [3.05, 3.63) is 48.7 Å². The molecule has 0 aromatic heterocycles. The minimum atomic E-state index is 0.165. The number of hydrogen-bond acceptors (Lipinski definition) is 2. The molecule has 0 heterocycles. The predicted molar refractivity (Wildman–Crippen MR) is 117 cm³/mol. The van der Waals surface area contributed by atoms with Gasteiger partial charge in [0.15, 0.2) is 0 Å². The zero-order valence-corrected chi connectivity index (χ0v) is 17.2. The van der Waals surface area contributed by atoms with Crippen LogP contribution >= 0.6 is 0 Å². The highest BCUT2D eigenvalue weighted by molar-refractivity contribution is 5.15. The average molecular weight is 362 g/mol. The number of aliphatic hydroxyl groups is 1. The summed E-state index contributed by atoms with van der Waals surface area (Å²) in [5.74, 6) is 0. The van der Waals surface area contributed by atoms with Crippen LogP contribution in [0.3, 0.4) is 0 Å². The third-order valence-electron chi connectivity index (χ3n) is 4.39. The molecule has 2 nitrogen and oxygen atoms in total. The van der Waals surface area contributed by atoms with E-state index in [0.717, 1.165) is 0 Å². The maximum Gasteiger partial charge on any atom is 0.0603 e. The molecular formula is C24H43NO. The summed E-state index contributed by atoms with van der Waals surface area (Å²) in [5, 5.41) is 11.6. The first-order chi connectivity index (χ1) is 12.9. The second-order valence-electron chi connectivity index (χ2n) is 6.91. The summed E-state index contributed by atoms with van der Waals surface area (Å²) in [7, 11) is 0. The van der Waals surface area contributed by atoms with Crippen LogP contribution in [0.25, 0.3) is 0 Å². The van der Waals surface area contributed by atoms with Crippen LogP contribution in [0.1, 0.15) is 90.4 Å². The molecule has 0 bridgehead atoms. The Labute approximate surface area is 163 Å². The summed E-state index contributed by atoms with van der Waals surface area (Å²) in [4.78, 5) is 0. The Balaban J connectivity index is 3.26. The van der Waals surface area contributed by atoms with Crippen molar-refractivity contribution >= 4 is 0 Å². The normalized spacial score (nSPS) is 12.4. The molecule has 0 aliphatic rings. The van der Waals surface area contributed by atoms with Crippen molar-refractivity contribution in [2.75, 3.05) is 13.2 Å². The Morgan fingerprint density at radius 1 is 0.615 bits per heavy atom. The van der Waals surface area contributed by atoms with E-state index in [1.807, 2.05) is 30.5 Å². The first kappa shape index (κ1) is 24.7. The van der Waals surface area contributed by atoms with Gasteiger partial charge in [-0.1, -0.05) is 114 Å². The minimum Gasteiger partial charge on any atom is -0.395 e. The summed E-state index contributed by atoms with van der Waals surface area (Å²) in [6.07, 6.45) is 34.4. The lowest BCUT2D eigenvalue weighted by molar-refractivity contribution is 0.298. The summed E-state index contributed by atoms with van der Waals surface area (Å²) in [6, 6.07) is 0. The van der Waals surface area contributed by atoms with Crippen molar-refractivity contribution in [1.82, 2.24) is 5.32 Å². The van der Waals surface area contributed by atoms with Crippen molar-refractivity contribution in [3.63, 3.8) is 0 Å². The fourth-order valence-electron chi connectivity index (χ4n) is 2.81. The van der Waals surface area contributed by atoms with Gasteiger partial charge >= 0.3 is 0 Å². The molecule has 2 N–H and O–H groups in total. The summed E-state index contributed by atoms with van der Waals surface area (Å²) < 4.78 is 0. The molecule has 0 amide bonds. The Kier molecular flexibility index (Phi) is 22.6. The van der Waals surface area contributed by atoms with Gasteiger partial charge in [-0.3, -0.25) is 0 Å². The van der Waals surface area contributed by atoms with Crippen LogP contribution in [0.2, 0.25) is 0 Å². The largest absolute Gasteiger partial charge is 0.395 e. The van der Waals surface area contributed by atoms with Gasteiger partial charge in [0, 0.05) is 6.54 Å². The number of rotatable bonds is 19. The first-order valence-electron chi connectivity index (χ1n) is 10.9. The van der Waals surface area contributed by atoms with Gasteiger partial charge in [0.25, 0.3) is 0 Å². The molecule has 150 valence electrons. The molecule has 0 saturated carbocycles. The summed E-state index contributed by atoms with van der Waals surface area (Å²) >= 11 is 0. The van der Waals surface area contributed by atoms with Gasteiger partial charge in [-0.05, 0) is 25.1 Å². The van der Waals surface area contributed by atoms with E-state index in [-0.39, 0.29) is 6.61 Å². The molecule has 0 spiro atoms. The number of nitrogens with one attached hydrogen (secondary N) is 1. The van der Waals surface area contributed by atoms with Gasteiger partial charge in [0.2, 0.25) is 0 Å². The summed E-state index contributed by atoms with van der Waals surface area (Å²) in [6.45, 7) is 3.05. The van der Waals surface area contributed by atoms with E-state index in [2.05, 4.69) is 30.5 Å². The second kappa shape index (κ2) is 23.7. The molecule has 0 radical (unpaired) electrons. The Morgan fingerprint density at radius 2 is 1.12 bits per heavy atom. The van der Waals surface area contributed by atoms with E-state index >= 15 is 0 Å². The molecule has 0 aliphatic carbocycles. The zero-order chi connectivity index (χ0) is 19.0. The van der Waals surface area contributed by atoms with Crippen molar-refractivity contribution in [3.8, 4) is 0 Å². The molecule has 26 heavy (non-hydrogen) atoms. The molecule has 0 aromatic rings. The molecule has 0 aliphatic heterocycles. The van der Waals surface area contributed by atoms with Crippen molar-refractivity contribution in [2.45, 2.75) is 90.4 Å². The number of aliphatic hydroxyl groups excluding tert-OH is 1. The van der Waals surface area contributed by atoms with E-state index in [9.17, 15) is 0 Å². The smallest absolute Gasteiger partial charge is 0.0603 e. The van der Waals surface area contributed by atoms with Crippen molar-refractivity contribution < 1.29 is 5.11 Å². The van der Waals surface area contributed by atoms with E-state index in [4.69, 9.17) is 5.11 Å². The van der Waals surface area contributed by atoms with Crippen molar-refractivity contribution in [2.24, 2.45) is 0 Å². The molecule has 0 fully saturated rings. The third kappa shape index (κ3) is 22.7. The molecular weight excluding hydrogens is 318 g/mol. The Hall–Kier alpha value is -1.28. The predicted octanol–water partition coefficient (Wildman–Crippen LogP) is 6.84. The number of allylic oxidation sites excluding steroid dienone is 7. The highest BCUT2D eigenvalue weighted by atomic mass is 16.3. The zero-order valence-electron chi connectivity index (χ0n) is 17.2. The number of hydrogen-bond donors (Lipinski definition) is 2. The molecule has 0 atom stereocenters. The molecule has 0 saturated heterocycles. The molecule has 0 rings (SSSR count). The van der Waals surface area contributed by atoms with Gasteiger partial charge in [-0.2, -0.15) is 0 Å². The topological polar surface area (TPSA) is 32.3 Å². The van der Waals surface area contributed by atoms with E-state index in [1.165, 1.54) is 83.5 Å². The molecule has 0 unspecified atom stereocenters. The van der Waals surface area contributed by atoms with Crippen LogP contribution in [0.4, 0.5) is 0 Å². The quantitative estimate of drug-likeness (QED) is 0.195. The van der Waals surface area contributed by atoms with Gasteiger partial charge < -0.3 is 10.4 Å². The average Bonchev–Trinajstić information content (AvgIpc) is 2.66. The maximum atomic E-state index is 8.60. The fourth-order valence-corrected chi connectivity index (χ4v) is 2.81. The SMILES string of the molecule is CCCCCCCCCCCCCCC=CC=CC=CC=CNCCO. The third-order valence-corrected chi connectivity index (χ3v) is 4.39. The second-order valence-corrected chi connectivity index (χ2v) is 6.91. The van der Waals surface area contributed by atoms with Gasteiger partial charge in [0.05, 0.1) is 6.61 Å². The first-order valence-corrected chi connectivity index (χ1v) is 10.9. The van der Waals surface area contributed by atoms with Crippen LogP contribution in [0, 0.1) is 0 Å². The van der Waals surface area contributed by atoms with Crippen molar-refractivity contribution in [1.29, 1.82) is 0 Å². The monoisotopic (exact) mass is 361 g/mol. The lowest BCUT2D eigenvalue weighted by Crippen LogP contribution is -2.09. The van der Waals surface area contributed by atoms with Crippen LogP contribution in [-0.4, -0.2) is 18.3 Å². The van der Waals surface area contributed by atoms with Crippen LogP contribution in [0.15, 0.2) is 48.7 Å². The van der Waals surface area contributed by atoms with E-state index in [1.54, 1.807) is 0 Å². The number of unbranched alkanes of at least 4 members (excludes halogenated alkanes) is 12. The fraction of sp³-hybridized carbons (Fsp3) is 0.667. The highest BCUT2D eigenvalue weighted by Gasteiger charge is 1.92. The summed E-state index contributed by atoms with van der Waals surface area (Å²) in [5.41, 5.74) is 0. The van der Waals surface area contributed by atoms with Crippen LogP contribution < -0.4 is 5.32 Å². The van der Waals surface area contributed by atoms with Gasteiger partial charge in [-0.15, -0.1) is 0 Å². The molecule has 2 heteroatoms. The van der Waals surface area contributed by atoms with Crippen LogP contribution in [0.5, 0.6) is 0 Å². The Bertz CT molecular complexity index is 368.